The van der Waals surface area contributed by atoms with E-state index in [1.807, 2.05) is 52.1 Å². The predicted molar refractivity (Wildman–Crippen MR) is 366 cm³/mol. The second kappa shape index (κ2) is 31.2. The van der Waals surface area contributed by atoms with Crippen LogP contribution in [0.4, 0.5) is 27.7 Å². The number of benzene rings is 2. The lowest BCUT2D eigenvalue weighted by atomic mass is 10.2. The minimum absolute atomic E-state index is 0.0856. The summed E-state index contributed by atoms with van der Waals surface area (Å²) in [6.45, 7) is 20.0. The van der Waals surface area contributed by atoms with Gasteiger partial charge in [-0.2, -0.15) is 39.1 Å². The average molecular weight is 1350 g/mol. The number of hydrogen-bond acceptors (Lipinski definition) is 18. The maximum Gasteiger partial charge on any atom is 0.292 e. The highest BCUT2D eigenvalue weighted by atomic mass is 32.1. The monoisotopic (exact) mass is 1350 g/mol. The van der Waals surface area contributed by atoms with Gasteiger partial charge >= 0.3 is 0 Å². The van der Waals surface area contributed by atoms with Gasteiger partial charge in [0.1, 0.15) is 29.1 Å². The van der Waals surface area contributed by atoms with Crippen LogP contribution in [-0.2, 0) is 25.7 Å². The Morgan fingerprint density at radius 2 is 0.878 bits per heavy atom. The summed E-state index contributed by atoms with van der Waals surface area (Å²) in [5, 5.41) is 30.0. The van der Waals surface area contributed by atoms with Crippen molar-refractivity contribution in [2.24, 2.45) is 0 Å². The quantitative estimate of drug-likeness (QED) is 0.0447. The van der Waals surface area contributed by atoms with Crippen LogP contribution in [0.5, 0.6) is 0 Å². The molecule has 0 aliphatic heterocycles. The number of halogens is 1. The van der Waals surface area contributed by atoms with E-state index in [0.717, 1.165) is 0 Å². The van der Waals surface area contributed by atoms with E-state index in [1.54, 1.807) is 114 Å². The second-order valence-electron chi connectivity index (χ2n) is 21.8. The van der Waals surface area contributed by atoms with Crippen molar-refractivity contribution in [1.82, 2.24) is 79.0 Å². The molecule has 98 heavy (non-hydrogen) atoms. The lowest BCUT2D eigenvalue weighted by Crippen LogP contribution is -2.21. The first-order valence-corrected chi connectivity index (χ1v) is 31.6. The van der Waals surface area contributed by atoms with Crippen LogP contribution in [0, 0.1) is 54.3 Å². The first-order chi connectivity index (χ1) is 46.9. The number of H-pyrrole nitrogens is 4. The summed E-state index contributed by atoms with van der Waals surface area (Å²) >= 11 is 1.35. The topological polar surface area (TPSA) is 384 Å². The summed E-state index contributed by atoms with van der Waals surface area (Å²) in [5.74, 6) is 0.628. The molecule has 0 spiro atoms. The van der Waals surface area contributed by atoms with Crippen LogP contribution in [-0.4, -0.2) is 103 Å². The Bertz CT molecular complexity index is 4960. The van der Waals surface area contributed by atoms with Gasteiger partial charge in [0.2, 0.25) is 23.8 Å². The fourth-order valence-corrected chi connectivity index (χ4v) is 10.2. The molecule has 0 aliphatic carbocycles. The molecule has 0 fully saturated rings. The van der Waals surface area contributed by atoms with Gasteiger partial charge in [-0.15, -0.1) is 11.3 Å². The zero-order valence-corrected chi connectivity index (χ0v) is 56.0. The zero-order valence-electron chi connectivity index (χ0n) is 55.2. The second-order valence-corrected chi connectivity index (χ2v) is 22.8. The van der Waals surface area contributed by atoms with Crippen molar-refractivity contribution in [2.45, 2.75) is 102 Å². The summed E-state index contributed by atoms with van der Waals surface area (Å²) in [6.07, 6.45) is 3.89. The summed E-state index contributed by atoms with van der Waals surface area (Å²) in [5.41, 5.74) is 6.56. The van der Waals surface area contributed by atoms with Crippen molar-refractivity contribution in [3.05, 3.63) is 252 Å². The Morgan fingerprint density at radius 1 is 0.459 bits per heavy atom. The van der Waals surface area contributed by atoms with Gasteiger partial charge in [-0.1, -0.05) is 64.1 Å². The molecule has 0 aliphatic rings. The first kappa shape index (κ1) is 69.9. The number of carbonyl (C=O) groups excluding carboxylic acids is 4. The van der Waals surface area contributed by atoms with Crippen LogP contribution in [0.25, 0.3) is 23.8 Å². The molecule has 29 nitrogen and oxygen atoms in total. The third-order valence-electron chi connectivity index (χ3n) is 14.6. The van der Waals surface area contributed by atoms with E-state index in [9.17, 15) is 42.7 Å². The van der Waals surface area contributed by atoms with Gasteiger partial charge in [-0.3, -0.25) is 58.3 Å². The molecule has 12 rings (SSSR count). The lowest BCUT2D eigenvalue weighted by molar-refractivity contribution is 0.0992. The van der Waals surface area contributed by atoms with Crippen LogP contribution in [0.15, 0.2) is 144 Å². The number of thiophene rings is 1. The first-order valence-electron chi connectivity index (χ1n) is 30.8. The lowest BCUT2D eigenvalue weighted by Gasteiger charge is -2.10. The van der Waals surface area contributed by atoms with Crippen molar-refractivity contribution >= 4 is 58.2 Å². The maximum atomic E-state index is 13.8. The van der Waals surface area contributed by atoms with Crippen molar-refractivity contribution in [1.29, 1.82) is 0 Å². The number of amides is 4. The minimum atomic E-state index is -0.622. The van der Waals surface area contributed by atoms with Gasteiger partial charge < -0.3 is 25.7 Å². The molecule has 10 aromatic heterocycles. The van der Waals surface area contributed by atoms with Crippen LogP contribution >= 0.6 is 11.3 Å². The molecule has 31 heteroatoms. The van der Waals surface area contributed by atoms with Crippen molar-refractivity contribution in [3.8, 4) is 23.8 Å². The molecule has 4 amide bonds. The molecule has 0 unspecified atom stereocenters. The molecule has 0 saturated heterocycles. The van der Waals surface area contributed by atoms with Gasteiger partial charge in [0, 0.05) is 58.3 Å². The third kappa shape index (κ3) is 16.7. The number of nitrogens with one attached hydrogen (secondary N) is 8. The molecule has 10 heterocycles. The van der Waals surface area contributed by atoms with Crippen LogP contribution in [0.1, 0.15) is 131 Å². The number of hydrogen-bond donors (Lipinski definition) is 8. The number of anilines is 4. The van der Waals surface area contributed by atoms with Gasteiger partial charge in [0.25, 0.3) is 45.9 Å². The molecule has 12 aromatic rings. The Labute approximate surface area is 561 Å². The van der Waals surface area contributed by atoms with E-state index in [-0.39, 0.29) is 75.0 Å². The van der Waals surface area contributed by atoms with E-state index in [1.165, 1.54) is 60.6 Å². The molecule has 8 N–H and O–H groups in total. The number of rotatable bonds is 16. The molecular weight excluding hydrogens is 1280 g/mol. The minimum Gasteiger partial charge on any atom is -0.459 e. The van der Waals surface area contributed by atoms with Crippen LogP contribution in [0.2, 0.25) is 0 Å². The Balaban J connectivity index is 0.000000153. The highest BCUT2D eigenvalue weighted by Crippen LogP contribution is 2.22. The number of aromatic amines is 4. The number of aromatic nitrogens is 16. The van der Waals surface area contributed by atoms with E-state index in [2.05, 4.69) is 81.5 Å². The number of carbonyl (C=O) groups is 4. The largest absolute Gasteiger partial charge is 0.459 e. The zero-order chi connectivity index (χ0) is 70.5. The Hall–Kier alpha value is -12.4. The van der Waals surface area contributed by atoms with Crippen molar-refractivity contribution < 1.29 is 28.0 Å². The summed E-state index contributed by atoms with van der Waals surface area (Å²) in [4.78, 5) is 126. The van der Waals surface area contributed by atoms with Crippen molar-refractivity contribution in [2.75, 3.05) is 21.3 Å². The maximum absolute atomic E-state index is 13.8. The Morgan fingerprint density at radius 3 is 1.29 bits per heavy atom. The predicted octanol–water partition coefficient (Wildman–Crippen LogP) is 9.03. The molecule has 0 bridgehead atoms. The normalized spacial score (nSPS) is 10.7. The standard InChI is InChI=1S/C18H18FN5O2.C17H17N5O2.C16H17N5O3.C16H17N5O2S/c1-4-14-11(3)16(25)22-18(20-14)24-15(9-10(2)23-24)21-17(26)12-7-5-6-8-13(12)19;1-3-13-10-15(23)20-17(18-13)22-14(9-11(2)21-22)19-16(24)12-7-5-4-6-8-12;2*1-4-11-10(3)14(22)19-16(17-11)21-13(8-9(2)20-21)18-15(23)12-6-5-7-24-12/h5-9H,4H2,1-3H3,(H,21,26)(H,20,22,25);4-10H,3H2,1-2H3,(H,19,24)(H,18,20,23);2*5-8H,4H2,1-3H3,(H,18,23)(H,17,19,22). The van der Waals surface area contributed by atoms with Crippen LogP contribution < -0.4 is 43.5 Å². The molecule has 504 valence electrons. The van der Waals surface area contributed by atoms with Gasteiger partial charge in [-0.25, -0.2) is 24.3 Å². The average Bonchev–Trinajstić information content (AvgIpc) is 1.54. The van der Waals surface area contributed by atoms with E-state index in [0.29, 0.717) is 116 Å². The summed E-state index contributed by atoms with van der Waals surface area (Å²) in [6, 6.07) is 29.5. The number of aryl methyl sites for hydroxylation is 8. The molecule has 0 atom stereocenters. The molecule has 0 saturated carbocycles. The number of furan rings is 1. The third-order valence-corrected chi connectivity index (χ3v) is 15.5. The summed E-state index contributed by atoms with van der Waals surface area (Å²) < 4.78 is 24.5. The smallest absolute Gasteiger partial charge is 0.292 e. The van der Waals surface area contributed by atoms with Gasteiger partial charge in [-0.05, 0) is 122 Å². The van der Waals surface area contributed by atoms with Gasteiger partial charge in [0.05, 0.1) is 56.6 Å². The fraction of sp³-hybridized carbons (Fsp3) is 0.224. The van der Waals surface area contributed by atoms with E-state index < -0.39 is 17.6 Å². The Kier molecular flexibility index (Phi) is 22.3. The molecule has 2 aromatic carbocycles. The number of nitrogens with zero attached hydrogens (tertiary/aromatic N) is 12. The van der Waals surface area contributed by atoms with Crippen molar-refractivity contribution in [3.63, 3.8) is 0 Å². The van der Waals surface area contributed by atoms with E-state index in [4.69, 9.17) is 4.42 Å². The summed E-state index contributed by atoms with van der Waals surface area (Å²) in [7, 11) is 0. The van der Waals surface area contributed by atoms with Gasteiger partial charge in [0.15, 0.2) is 5.76 Å². The van der Waals surface area contributed by atoms with Crippen LogP contribution in [0.3, 0.4) is 0 Å². The van der Waals surface area contributed by atoms with E-state index >= 15 is 0 Å². The molecule has 0 radical (unpaired) electrons. The highest BCUT2D eigenvalue weighted by molar-refractivity contribution is 7.12. The highest BCUT2D eigenvalue weighted by Gasteiger charge is 2.22. The molecular formula is C67H69FN20O9S. The SMILES string of the molecule is CCc1cc(=O)[nH]c(-n2nc(C)cc2NC(=O)c2ccccc2)n1.CCc1nc(-n2nc(C)cc2NC(=O)c2ccccc2F)[nH]c(=O)c1C.CCc1nc(-n2nc(C)cc2NC(=O)c2ccco2)[nH]c(=O)c1C.CCc1nc(-n2nc(C)cc2NC(=O)c2cccs2)[nH]c(=O)c1C. The fourth-order valence-electron chi connectivity index (χ4n) is 9.59.